The number of aryl methyl sites for hydroxylation is 2. The minimum Gasteiger partial charge on any atom is -0.345 e. The molecule has 1 aliphatic carbocycles. The summed E-state index contributed by atoms with van der Waals surface area (Å²) in [5.74, 6) is 0.414. The molecule has 0 radical (unpaired) electrons. The predicted octanol–water partition coefficient (Wildman–Crippen LogP) is 1.71. The summed E-state index contributed by atoms with van der Waals surface area (Å²) < 4.78 is 1.73. The molecular weight excluding hydrogens is 298 g/mol. The number of hydrogen-bond donors (Lipinski definition) is 2. The summed E-state index contributed by atoms with van der Waals surface area (Å²) >= 11 is 1.40. The summed E-state index contributed by atoms with van der Waals surface area (Å²) in [6.07, 6.45) is 5.93. The Hall–Kier alpha value is -1.73. The molecule has 22 heavy (non-hydrogen) atoms. The second-order valence-electron chi connectivity index (χ2n) is 6.19. The van der Waals surface area contributed by atoms with Crippen LogP contribution in [-0.2, 0) is 7.05 Å². The number of carbonyl (C=O) groups is 1. The number of amides is 1. The third-order valence-electron chi connectivity index (χ3n) is 4.26. The first-order valence-corrected chi connectivity index (χ1v) is 8.23. The van der Waals surface area contributed by atoms with Crippen LogP contribution in [0, 0.1) is 12.8 Å². The summed E-state index contributed by atoms with van der Waals surface area (Å²) in [6.45, 7) is 4.35. The van der Waals surface area contributed by atoms with Crippen LogP contribution in [0.2, 0.25) is 0 Å². The van der Waals surface area contributed by atoms with Gasteiger partial charge in [-0.3, -0.25) is 9.48 Å². The molecule has 3 N–H and O–H groups in total. The van der Waals surface area contributed by atoms with Gasteiger partial charge < -0.3 is 11.1 Å². The summed E-state index contributed by atoms with van der Waals surface area (Å²) in [5, 5.41) is 8.08. The normalized spacial score (nSPS) is 17.3. The molecule has 118 valence electrons. The van der Waals surface area contributed by atoms with Crippen molar-refractivity contribution in [2.75, 3.05) is 6.54 Å². The molecule has 1 fully saturated rings. The van der Waals surface area contributed by atoms with Gasteiger partial charge >= 0.3 is 0 Å². The minimum atomic E-state index is -0.317. The van der Waals surface area contributed by atoms with Crippen LogP contribution in [0.3, 0.4) is 0 Å². The van der Waals surface area contributed by atoms with Crippen LogP contribution in [0.5, 0.6) is 0 Å². The first-order valence-electron chi connectivity index (χ1n) is 7.42. The van der Waals surface area contributed by atoms with Gasteiger partial charge in [0, 0.05) is 25.4 Å². The van der Waals surface area contributed by atoms with Crippen molar-refractivity contribution in [1.82, 2.24) is 20.1 Å². The van der Waals surface area contributed by atoms with Crippen LogP contribution < -0.4 is 11.1 Å². The van der Waals surface area contributed by atoms with Gasteiger partial charge in [0.05, 0.1) is 17.4 Å². The fourth-order valence-electron chi connectivity index (χ4n) is 2.62. The Morgan fingerprint density at radius 1 is 1.59 bits per heavy atom. The Morgan fingerprint density at radius 2 is 2.32 bits per heavy atom. The van der Waals surface area contributed by atoms with Gasteiger partial charge in [-0.2, -0.15) is 5.10 Å². The van der Waals surface area contributed by atoms with E-state index in [1.807, 2.05) is 27.1 Å². The molecule has 6 nitrogen and oxygen atoms in total. The maximum Gasteiger partial charge on any atom is 0.263 e. The highest BCUT2D eigenvalue weighted by Crippen LogP contribution is 2.39. The zero-order chi connectivity index (χ0) is 15.9. The molecule has 1 saturated carbocycles. The van der Waals surface area contributed by atoms with E-state index in [2.05, 4.69) is 15.4 Å². The molecule has 0 aromatic carbocycles. The molecule has 1 unspecified atom stereocenters. The van der Waals surface area contributed by atoms with Crippen molar-refractivity contribution in [3.8, 4) is 10.6 Å². The fourth-order valence-corrected chi connectivity index (χ4v) is 3.55. The molecule has 0 saturated heterocycles. The standard InChI is InChI=1S/C15H21N5OS/c1-9-12(13(21)19-15(2,8-16)11-4-5-11)22-14(18-9)10-6-17-20(3)7-10/h6-7,11H,4-5,8,16H2,1-3H3,(H,19,21). The number of rotatable bonds is 5. The fraction of sp³-hybridized carbons (Fsp3) is 0.533. The van der Waals surface area contributed by atoms with Gasteiger partial charge in [0.15, 0.2) is 0 Å². The van der Waals surface area contributed by atoms with Gasteiger partial charge in [-0.15, -0.1) is 11.3 Å². The average Bonchev–Trinajstić information content (AvgIpc) is 3.15. The van der Waals surface area contributed by atoms with E-state index in [9.17, 15) is 4.79 Å². The van der Waals surface area contributed by atoms with Crippen LogP contribution >= 0.6 is 11.3 Å². The van der Waals surface area contributed by atoms with Gasteiger partial charge in [0.25, 0.3) is 5.91 Å². The molecule has 2 aromatic rings. The first-order chi connectivity index (χ1) is 10.4. The topological polar surface area (TPSA) is 85.8 Å². The molecule has 2 aromatic heterocycles. The highest BCUT2D eigenvalue weighted by atomic mass is 32.1. The Morgan fingerprint density at radius 3 is 2.86 bits per heavy atom. The van der Waals surface area contributed by atoms with E-state index in [0.717, 1.165) is 29.1 Å². The highest BCUT2D eigenvalue weighted by molar-refractivity contribution is 7.17. The third kappa shape index (κ3) is 2.78. The Balaban J connectivity index is 1.82. The van der Waals surface area contributed by atoms with Crippen molar-refractivity contribution in [3.63, 3.8) is 0 Å². The van der Waals surface area contributed by atoms with E-state index in [0.29, 0.717) is 17.3 Å². The lowest BCUT2D eigenvalue weighted by molar-refractivity contribution is 0.0901. The molecule has 2 heterocycles. The predicted molar refractivity (Wildman–Crippen MR) is 86.7 cm³/mol. The van der Waals surface area contributed by atoms with E-state index in [1.165, 1.54) is 11.3 Å². The molecular formula is C15H21N5OS. The lowest BCUT2D eigenvalue weighted by Gasteiger charge is -2.29. The van der Waals surface area contributed by atoms with Crippen molar-refractivity contribution in [3.05, 3.63) is 23.0 Å². The van der Waals surface area contributed by atoms with E-state index < -0.39 is 0 Å². The molecule has 1 amide bonds. The zero-order valence-electron chi connectivity index (χ0n) is 13.1. The van der Waals surface area contributed by atoms with Gasteiger partial charge in [0.1, 0.15) is 9.88 Å². The van der Waals surface area contributed by atoms with Gasteiger partial charge in [-0.1, -0.05) is 0 Å². The summed E-state index contributed by atoms with van der Waals surface area (Å²) in [7, 11) is 1.86. The van der Waals surface area contributed by atoms with Crippen LogP contribution in [0.1, 0.15) is 35.1 Å². The zero-order valence-corrected chi connectivity index (χ0v) is 13.9. The smallest absolute Gasteiger partial charge is 0.263 e. The number of thiazole rings is 1. The maximum atomic E-state index is 12.6. The summed E-state index contributed by atoms with van der Waals surface area (Å²) in [4.78, 5) is 17.8. The highest BCUT2D eigenvalue weighted by Gasteiger charge is 2.42. The van der Waals surface area contributed by atoms with Crippen LogP contribution in [0.25, 0.3) is 10.6 Å². The monoisotopic (exact) mass is 319 g/mol. The number of nitrogens with zero attached hydrogens (tertiary/aromatic N) is 3. The number of nitrogens with one attached hydrogen (secondary N) is 1. The second kappa shape index (κ2) is 5.48. The van der Waals surface area contributed by atoms with Crippen molar-refractivity contribution >= 4 is 17.2 Å². The van der Waals surface area contributed by atoms with E-state index >= 15 is 0 Å². The first kappa shape index (κ1) is 15.2. The van der Waals surface area contributed by atoms with Crippen molar-refractivity contribution in [1.29, 1.82) is 0 Å². The quantitative estimate of drug-likeness (QED) is 0.878. The van der Waals surface area contributed by atoms with Crippen molar-refractivity contribution in [2.24, 2.45) is 18.7 Å². The van der Waals surface area contributed by atoms with Crippen LogP contribution in [-0.4, -0.2) is 32.8 Å². The average molecular weight is 319 g/mol. The van der Waals surface area contributed by atoms with E-state index in [4.69, 9.17) is 5.73 Å². The lowest BCUT2D eigenvalue weighted by atomic mass is 9.96. The van der Waals surface area contributed by atoms with Crippen molar-refractivity contribution in [2.45, 2.75) is 32.2 Å². The minimum absolute atomic E-state index is 0.0787. The summed E-state index contributed by atoms with van der Waals surface area (Å²) in [6, 6.07) is 0. The molecule has 1 atom stereocenters. The lowest BCUT2D eigenvalue weighted by Crippen LogP contribution is -2.53. The van der Waals surface area contributed by atoms with Crippen molar-refractivity contribution < 1.29 is 4.79 Å². The summed E-state index contributed by atoms with van der Waals surface area (Å²) in [5.41, 5.74) is 7.23. The van der Waals surface area contributed by atoms with Gasteiger partial charge in [-0.05, 0) is 32.6 Å². The van der Waals surface area contributed by atoms with E-state index in [1.54, 1.807) is 10.9 Å². The second-order valence-corrected chi connectivity index (χ2v) is 7.19. The number of carbonyl (C=O) groups excluding carboxylic acids is 1. The number of nitrogens with two attached hydrogens (primary N) is 1. The number of aromatic nitrogens is 3. The molecule has 0 bridgehead atoms. The maximum absolute atomic E-state index is 12.6. The largest absolute Gasteiger partial charge is 0.345 e. The Kier molecular flexibility index (Phi) is 3.78. The van der Waals surface area contributed by atoms with Gasteiger partial charge in [0.2, 0.25) is 0 Å². The Bertz CT molecular complexity index is 703. The molecule has 0 spiro atoms. The molecule has 0 aliphatic heterocycles. The Labute approximate surface area is 133 Å². The molecule has 7 heteroatoms. The number of hydrogen-bond acceptors (Lipinski definition) is 5. The SMILES string of the molecule is Cc1nc(-c2cnn(C)c2)sc1C(=O)NC(C)(CN)C1CC1. The van der Waals surface area contributed by atoms with Crippen LogP contribution in [0.15, 0.2) is 12.4 Å². The molecule has 3 rings (SSSR count). The van der Waals surface area contributed by atoms with Gasteiger partial charge in [-0.25, -0.2) is 4.98 Å². The molecule has 1 aliphatic rings. The third-order valence-corrected chi connectivity index (χ3v) is 5.46. The van der Waals surface area contributed by atoms with E-state index in [-0.39, 0.29) is 11.4 Å². The van der Waals surface area contributed by atoms with Crippen LogP contribution in [0.4, 0.5) is 0 Å².